The van der Waals surface area contributed by atoms with Gasteiger partial charge in [0.05, 0.1) is 26.9 Å². The minimum Gasteiger partial charge on any atom is -0.493 e. The molecule has 0 spiro atoms. The first-order valence-corrected chi connectivity index (χ1v) is 9.86. The molecule has 0 aliphatic carbocycles. The van der Waals surface area contributed by atoms with E-state index >= 15 is 0 Å². The molecule has 0 amide bonds. The van der Waals surface area contributed by atoms with Crippen molar-refractivity contribution in [3.8, 4) is 23.0 Å². The van der Waals surface area contributed by atoms with Gasteiger partial charge in [0, 0.05) is 5.56 Å². The van der Waals surface area contributed by atoms with Crippen LogP contribution in [0.15, 0.2) is 66.7 Å². The van der Waals surface area contributed by atoms with Gasteiger partial charge in [-0.25, -0.2) is 4.79 Å². The Balaban J connectivity index is 1.75. The highest BCUT2D eigenvalue weighted by Gasteiger charge is 2.15. The third kappa shape index (κ3) is 5.35. The predicted molar refractivity (Wildman–Crippen MR) is 122 cm³/mol. The van der Waals surface area contributed by atoms with E-state index in [2.05, 4.69) is 0 Å². The van der Waals surface area contributed by atoms with Crippen LogP contribution in [-0.4, -0.2) is 33.1 Å². The molecule has 3 rings (SSSR count). The van der Waals surface area contributed by atoms with Gasteiger partial charge in [0.2, 0.25) is 0 Å². The molecule has 164 valence electrons. The standard InChI is InChI=1S/C26H24O6/c1-17-5-9-19(10-6-17)21(27)12-7-18-8-13-23(24(15-18)30-3)32-26(28)20-11-14-22(29-2)25(16-20)31-4/h5-16H,1-4H3/b12-7+. The summed E-state index contributed by atoms with van der Waals surface area (Å²) in [6.07, 6.45) is 3.18. The van der Waals surface area contributed by atoms with Gasteiger partial charge in [-0.1, -0.05) is 42.0 Å². The second-order valence-corrected chi connectivity index (χ2v) is 6.93. The van der Waals surface area contributed by atoms with Crippen LogP contribution in [0.1, 0.15) is 31.8 Å². The van der Waals surface area contributed by atoms with Gasteiger partial charge in [-0.15, -0.1) is 0 Å². The van der Waals surface area contributed by atoms with Crippen molar-refractivity contribution in [2.24, 2.45) is 0 Å². The van der Waals surface area contributed by atoms with Gasteiger partial charge < -0.3 is 18.9 Å². The summed E-state index contributed by atoms with van der Waals surface area (Å²) in [6.45, 7) is 1.97. The van der Waals surface area contributed by atoms with Crippen LogP contribution >= 0.6 is 0 Å². The molecule has 0 bridgehead atoms. The van der Waals surface area contributed by atoms with Crippen LogP contribution in [0.5, 0.6) is 23.0 Å². The molecule has 0 fully saturated rings. The van der Waals surface area contributed by atoms with Gasteiger partial charge in [0.1, 0.15) is 0 Å². The van der Waals surface area contributed by atoms with Crippen molar-refractivity contribution in [3.63, 3.8) is 0 Å². The Hall–Kier alpha value is -4.06. The summed E-state index contributed by atoms with van der Waals surface area (Å²) in [5.41, 5.74) is 2.73. The van der Waals surface area contributed by atoms with Crippen molar-refractivity contribution in [2.45, 2.75) is 6.92 Å². The summed E-state index contributed by atoms with van der Waals surface area (Å²) in [5.74, 6) is 0.888. The molecule has 0 saturated heterocycles. The Morgan fingerprint density at radius 3 is 1.94 bits per heavy atom. The van der Waals surface area contributed by atoms with Gasteiger partial charge >= 0.3 is 5.97 Å². The number of ether oxygens (including phenoxy) is 4. The highest BCUT2D eigenvalue weighted by Crippen LogP contribution is 2.31. The molecule has 0 aromatic heterocycles. The first-order valence-electron chi connectivity index (χ1n) is 9.86. The molecule has 6 heteroatoms. The van der Waals surface area contributed by atoms with E-state index in [1.165, 1.54) is 27.4 Å². The molecule has 0 N–H and O–H groups in total. The third-order valence-electron chi connectivity index (χ3n) is 4.77. The highest BCUT2D eigenvalue weighted by molar-refractivity contribution is 6.06. The topological polar surface area (TPSA) is 71.1 Å². The normalized spacial score (nSPS) is 10.6. The zero-order chi connectivity index (χ0) is 23.1. The molecule has 0 heterocycles. The van der Waals surface area contributed by atoms with Crippen LogP contribution in [0, 0.1) is 6.92 Å². The Morgan fingerprint density at radius 2 is 1.28 bits per heavy atom. The summed E-state index contributed by atoms with van der Waals surface area (Å²) in [4.78, 5) is 24.9. The molecule has 0 aliphatic rings. The fourth-order valence-corrected chi connectivity index (χ4v) is 2.98. The average molecular weight is 432 g/mol. The maximum atomic E-state index is 12.6. The lowest BCUT2D eigenvalue weighted by Gasteiger charge is -2.12. The SMILES string of the molecule is COc1ccc(C(=O)Oc2ccc(/C=C/C(=O)c3ccc(C)cc3)cc2OC)cc1OC. The second-order valence-electron chi connectivity index (χ2n) is 6.93. The summed E-state index contributed by atoms with van der Waals surface area (Å²) < 4.78 is 21.3. The molecule has 0 unspecified atom stereocenters. The number of aryl methyl sites for hydroxylation is 1. The van der Waals surface area contributed by atoms with Crippen LogP contribution in [-0.2, 0) is 0 Å². The van der Waals surface area contributed by atoms with Crippen LogP contribution in [0.25, 0.3) is 6.08 Å². The van der Waals surface area contributed by atoms with Gasteiger partial charge in [-0.3, -0.25) is 4.79 Å². The zero-order valence-corrected chi connectivity index (χ0v) is 18.4. The monoisotopic (exact) mass is 432 g/mol. The van der Waals surface area contributed by atoms with Crippen molar-refractivity contribution in [3.05, 3.63) is 89.0 Å². The Labute approximate surface area is 187 Å². The fourth-order valence-electron chi connectivity index (χ4n) is 2.98. The minimum atomic E-state index is -0.568. The number of hydrogen-bond donors (Lipinski definition) is 0. The van der Waals surface area contributed by atoms with Crippen LogP contribution in [0.2, 0.25) is 0 Å². The maximum absolute atomic E-state index is 12.6. The molecule has 0 aliphatic heterocycles. The molecule has 0 radical (unpaired) electrons. The van der Waals surface area contributed by atoms with Crippen LogP contribution < -0.4 is 18.9 Å². The van der Waals surface area contributed by atoms with E-state index in [0.717, 1.165) is 11.1 Å². The maximum Gasteiger partial charge on any atom is 0.343 e. The number of carbonyl (C=O) groups excluding carboxylic acids is 2. The molecule has 6 nitrogen and oxygen atoms in total. The van der Waals surface area contributed by atoms with Crippen molar-refractivity contribution in [1.82, 2.24) is 0 Å². The van der Waals surface area contributed by atoms with Crippen LogP contribution in [0.3, 0.4) is 0 Å². The van der Waals surface area contributed by atoms with E-state index in [1.54, 1.807) is 54.6 Å². The Bertz CT molecular complexity index is 1150. The van der Waals surface area contributed by atoms with Gasteiger partial charge in [-0.2, -0.15) is 0 Å². The molecule has 0 atom stereocenters. The zero-order valence-electron chi connectivity index (χ0n) is 18.4. The van der Waals surface area contributed by atoms with Crippen LogP contribution in [0.4, 0.5) is 0 Å². The van der Waals surface area contributed by atoms with Crippen molar-refractivity contribution in [1.29, 1.82) is 0 Å². The molecule has 32 heavy (non-hydrogen) atoms. The quantitative estimate of drug-likeness (QED) is 0.213. The minimum absolute atomic E-state index is 0.104. The van der Waals surface area contributed by atoms with Gasteiger partial charge in [0.15, 0.2) is 28.8 Å². The highest BCUT2D eigenvalue weighted by atomic mass is 16.6. The number of esters is 1. The third-order valence-corrected chi connectivity index (χ3v) is 4.77. The van der Waals surface area contributed by atoms with E-state index < -0.39 is 5.97 Å². The van der Waals surface area contributed by atoms with E-state index in [4.69, 9.17) is 18.9 Å². The number of carbonyl (C=O) groups is 2. The number of allylic oxidation sites excluding steroid dienone is 1. The van der Waals surface area contributed by atoms with Crippen molar-refractivity contribution in [2.75, 3.05) is 21.3 Å². The predicted octanol–water partition coefficient (Wildman–Crippen LogP) is 5.14. The summed E-state index contributed by atoms with van der Waals surface area (Å²) in [7, 11) is 4.49. The molecule has 3 aromatic carbocycles. The lowest BCUT2D eigenvalue weighted by Crippen LogP contribution is -2.09. The van der Waals surface area contributed by atoms with Crippen molar-refractivity contribution < 1.29 is 28.5 Å². The Kier molecular flexibility index (Phi) is 7.29. The van der Waals surface area contributed by atoms with E-state index in [-0.39, 0.29) is 11.5 Å². The Morgan fingerprint density at radius 1 is 0.688 bits per heavy atom. The van der Waals surface area contributed by atoms with Gasteiger partial charge in [0.25, 0.3) is 0 Å². The summed E-state index contributed by atoms with van der Waals surface area (Å²) in [5, 5.41) is 0. The van der Waals surface area contributed by atoms with E-state index in [1.807, 2.05) is 19.1 Å². The van der Waals surface area contributed by atoms with E-state index in [9.17, 15) is 9.59 Å². The summed E-state index contributed by atoms with van der Waals surface area (Å²) in [6, 6.07) is 17.2. The molecular formula is C26H24O6. The first kappa shape index (κ1) is 22.6. The number of hydrogen-bond acceptors (Lipinski definition) is 6. The smallest absolute Gasteiger partial charge is 0.343 e. The molecule has 3 aromatic rings. The number of rotatable bonds is 8. The first-order chi connectivity index (χ1) is 15.4. The molecular weight excluding hydrogens is 408 g/mol. The van der Waals surface area contributed by atoms with Crippen molar-refractivity contribution >= 4 is 17.8 Å². The van der Waals surface area contributed by atoms with Gasteiger partial charge in [-0.05, 0) is 48.9 Å². The summed E-state index contributed by atoms with van der Waals surface area (Å²) >= 11 is 0. The number of ketones is 1. The average Bonchev–Trinajstić information content (AvgIpc) is 2.82. The lowest BCUT2D eigenvalue weighted by molar-refractivity contribution is 0.0729. The number of benzene rings is 3. The second kappa shape index (κ2) is 10.3. The number of methoxy groups -OCH3 is 3. The molecule has 0 saturated carbocycles. The lowest BCUT2D eigenvalue weighted by atomic mass is 10.1. The van der Waals surface area contributed by atoms with E-state index in [0.29, 0.717) is 28.4 Å². The fraction of sp³-hybridized carbons (Fsp3) is 0.154. The largest absolute Gasteiger partial charge is 0.493 e.